The van der Waals surface area contributed by atoms with Gasteiger partial charge in [0.05, 0.1) is 22.2 Å². The van der Waals surface area contributed by atoms with E-state index in [9.17, 15) is 13.2 Å². The maximum absolute atomic E-state index is 13.4. The molecule has 2 aromatic carbocycles. The summed E-state index contributed by atoms with van der Waals surface area (Å²) in [4.78, 5) is 22.5. The molecule has 35 heavy (non-hydrogen) atoms. The number of hydrogen-bond acceptors (Lipinski definition) is 7. The van der Waals surface area contributed by atoms with Crippen LogP contribution in [0.25, 0.3) is 10.2 Å². The van der Waals surface area contributed by atoms with E-state index in [1.54, 1.807) is 23.5 Å². The predicted octanol–water partition coefficient (Wildman–Crippen LogP) is 3.42. The summed E-state index contributed by atoms with van der Waals surface area (Å²) in [6, 6.07) is 9.99. The average molecular weight is 515 g/mol. The van der Waals surface area contributed by atoms with E-state index in [2.05, 4.69) is 30.9 Å². The predicted molar refractivity (Wildman–Crippen MR) is 138 cm³/mol. The summed E-state index contributed by atoms with van der Waals surface area (Å²) in [5.74, 6) is 0.490. The largest absolute Gasteiger partial charge is 0.497 e. The summed E-state index contributed by atoms with van der Waals surface area (Å²) in [6.45, 7) is 7.01. The van der Waals surface area contributed by atoms with Crippen molar-refractivity contribution in [1.29, 1.82) is 0 Å². The van der Waals surface area contributed by atoms with E-state index < -0.39 is 16.1 Å². The van der Waals surface area contributed by atoms with Crippen LogP contribution in [0.1, 0.15) is 24.0 Å². The molecule has 10 heteroatoms. The molecule has 0 aliphatic carbocycles. The topological polar surface area (TPSA) is 83.0 Å². The van der Waals surface area contributed by atoms with Crippen molar-refractivity contribution in [2.45, 2.75) is 37.6 Å². The van der Waals surface area contributed by atoms with Crippen molar-refractivity contribution in [2.75, 3.05) is 44.7 Å². The first-order valence-corrected chi connectivity index (χ1v) is 14.1. The number of hydrogen-bond donors (Lipinski definition) is 0. The van der Waals surface area contributed by atoms with Gasteiger partial charge in [0.25, 0.3) is 0 Å². The molecule has 5 rings (SSSR count). The number of benzene rings is 2. The normalized spacial score (nSPS) is 19.5. The molecule has 2 aliphatic rings. The molecule has 3 heterocycles. The monoisotopic (exact) mass is 514 g/mol. The number of fused-ring (bicyclic) bond motifs is 1. The first kappa shape index (κ1) is 24.0. The number of amides is 1. The lowest BCUT2D eigenvalue weighted by molar-refractivity contribution is -0.134. The van der Waals surface area contributed by atoms with Gasteiger partial charge in [-0.1, -0.05) is 17.4 Å². The van der Waals surface area contributed by atoms with Crippen LogP contribution < -0.4 is 9.64 Å². The van der Waals surface area contributed by atoms with Crippen LogP contribution in [0.15, 0.2) is 41.3 Å². The summed E-state index contributed by atoms with van der Waals surface area (Å²) in [5.41, 5.74) is 3.45. The van der Waals surface area contributed by atoms with Crippen LogP contribution in [0.4, 0.5) is 5.13 Å². The summed E-state index contributed by atoms with van der Waals surface area (Å²) in [6.07, 6.45) is 1.22. The number of aryl methyl sites for hydroxylation is 2. The van der Waals surface area contributed by atoms with Gasteiger partial charge in [0.1, 0.15) is 11.8 Å². The number of sulfonamides is 1. The molecule has 0 N–H and O–H groups in total. The number of carbonyl (C=O) groups excluding carboxylic acids is 1. The zero-order chi connectivity index (χ0) is 24.7. The van der Waals surface area contributed by atoms with E-state index >= 15 is 0 Å². The number of aromatic nitrogens is 1. The molecule has 0 spiro atoms. The highest BCUT2D eigenvalue weighted by atomic mass is 32.2. The minimum absolute atomic E-state index is 0.102. The van der Waals surface area contributed by atoms with Gasteiger partial charge in [0.2, 0.25) is 15.9 Å². The molecule has 8 nitrogen and oxygen atoms in total. The molecule has 2 aliphatic heterocycles. The fourth-order valence-electron chi connectivity index (χ4n) is 4.98. The van der Waals surface area contributed by atoms with Crippen LogP contribution in [0.3, 0.4) is 0 Å². The minimum atomic E-state index is -3.76. The van der Waals surface area contributed by atoms with E-state index in [1.165, 1.54) is 39.4 Å². The second kappa shape index (κ2) is 9.40. The second-order valence-corrected chi connectivity index (χ2v) is 12.1. The lowest BCUT2D eigenvalue weighted by Crippen LogP contribution is -2.54. The number of rotatable bonds is 5. The molecule has 0 radical (unpaired) electrons. The molecular weight excluding hydrogens is 484 g/mol. The Labute approximate surface area is 210 Å². The third-order valence-electron chi connectivity index (χ3n) is 6.84. The number of thiazole rings is 1. The second-order valence-electron chi connectivity index (χ2n) is 9.19. The summed E-state index contributed by atoms with van der Waals surface area (Å²) in [7, 11) is -2.22. The Morgan fingerprint density at radius 2 is 1.77 bits per heavy atom. The van der Waals surface area contributed by atoms with Crippen LogP contribution in [-0.4, -0.2) is 74.4 Å². The Morgan fingerprint density at radius 3 is 2.46 bits per heavy atom. The highest BCUT2D eigenvalue weighted by Gasteiger charge is 2.41. The van der Waals surface area contributed by atoms with Gasteiger partial charge in [-0.3, -0.25) is 4.79 Å². The number of carbonyl (C=O) groups is 1. The lowest BCUT2D eigenvalue weighted by atomic mass is 10.1. The zero-order valence-corrected chi connectivity index (χ0v) is 21.9. The zero-order valence-electron chi connectivity index (χ0n) is 20.2. The van der Waals surface area contributed by atoms with E-state index in [0.29, 0.717) is 51.3 Å². The third-order valence-corrected chi connectivity index (χ3v) is 9.82. The maximum Gasteiger partial charge on any atom is 0.243 e. The van der Waals surface area contributed by atoms with Gasteiger partial charge in [0, 0.05) is 32.7 Å². The first-order chi connectivity index (χ1) is 16.8. The highest BCUT2D eigenvalue weighted by molar-refractivity contribution is 7.89. The Bertz CT molecular complexity index is 1350. The molecule has 0 saturated carbocycles. The van der Waals surface area contributed by atoms with Gasteiger partial charge in [0.15, 0.2) is 5.13 Å². The number of methoxy groups -OCH3 is 1. The number of anilines is 1. The van der Waals surface area contributed by atoms with E-state index in [-0.39, 0.29) is 10.8 Å². The van der Waals surface area contributed by atoms with E-state index in [4.69, 9.17) is 9.72 Å². The summed E-state index contributed by atoms with van der Waals surface area (Å²) >= 11 is 1.69. The van der Waals surface area contributed by atoms with Crippen molar-refractivity contribution in [3.05, 3.63) is 47.5 Å². The van der Waals surface area contributed by atoms with Gasteiger partial charge in [-0.25, -0.2) is 13.4 Å². The highest BCUT2D eigenvalue weighted by Crippen LogP contribution is 2.33. The number of nitrogens with zero attached hydrogens (tertiary/aromatic N) is 4. The van der Waals surface area contributed by atoms with Crippen LogP contribution in [0, 0.1) is 13.8 Å². The van der Waals surface area contributed by atoms with Crippen LogP contribution in [0.5, 0.6) is 5.75 Å². The smallest absolute Gasteiger partial charge is 0.243 e. The standard InChI is InChI=1S/C25H30N4O4S2/c1-17-15-18(2)23-22(16-17)34-25(26-23)28-13-11-27(12-14-28)24(30)21-5-4-10-29(21)35(31,32)20-8-6-19(33-3)7-9-20/h6-9,15-16,21H,4-5,10-14H2,1-3H3. The van der Waals surface area contributed by atoms with Crippen molar-refractivity contribution >= 4 is 42.6 Å². The summed E-state index contributed by atoms with van der Waals surface area (Å²) in [5, 5.41) is 0.977. The van der Waals surface area contributed by atoms with Crippen LogP contribution >= 0.6 is 11.3 Å². The van der Waals surface area contributed by atoms with Crippen molar-refractivity contribution < 1.29 is 17.9 Å². The molecule has 1 atom stereocenters. The fraction of sp³-hybridized carbons (Fsp3) is 0.440. The molecular formula is C25H30N4O4S2. The Balaban J connectivity index is 1.27. The Hall–Kier alpha value is -2.69. The van der Waals surface area contributed by atoms with Crippen molar-refractivity contribution in [3.63, 3.8) is 0 Å². The average Bonchev–Trinajstić information content (AvgIpc) is 3.52. The molecule has 2 saturated heterocycles. The van der Waals surface area contributed by atoms with Gasteiger partial charge in [-0.05, 0) is 68.1 Å². The van der Waals surface area contributed by atoms with Crippen molar-refractivity contribution in [3.8, 4) is 5.75 Å². The van der Waals surface area contributed by atoms with Crippen molar-refractivity contribution in [2.24, 2.45) is 0 Å². The Morgan fingerprint density at radius 1 is 1.06 bits per heavy atom. The molecule has 1 amide bonds. The van der Waals surface area contributed by atoms with Crippen molar-refractivity contribution in [1.82, 2.24) is 14.2 Å². The fourth-order valence-corrected chi connectivity index (χ4v) is 7.83. The van der Waals surface area contributed by atoms with Crippen LogP contribution in [0.2, 0.25) is 0 Å². The van der Waals surface area contributed by atoms with E-state index in [0.717, 1.165) is 10.6 Å². The summed E-state index contributed by atoms with van der Waals surface area (Å²) < 4.78 is 34.3. The molecule has 1 aromatic heterocycles. The maximum atomic E-state index is 13.4. The molecule has 186 valence electrons. The quantitative estimate of drug-likeness (QED) is 0.519. The molecule has 3 aromatic rings. The van der Waals surface area contributed by atoms with Gasteiger partial charge < -0.3 is 14.5 Å². The number of piperazine rings is 1. The van der Waals surface area contributed by atoms with E-state index in [1.807, 2.05) is 4.90 Å². The van der Waals surface area contributed by atoms with Gasteiger partial charge in [-0.2, -0.15) is 4.31 Å². The molecule has 2 fully saturated rings. The first-order valence-electron chi connectivity index (χ1n) is 11.9. The Kier molecular flexibility index (Phi) is 6.45. The molecule has 0 bridgehead atoms. The number of ether oxygens (including phenoxy) is 1. The third kappa shape index (κ3) is 4.50. The lowest BCUT2D eigenvalue weighted by Gasteiger charge is -2.37. The minimum Gasteiger partial charge on any atom is -0.497 e. The van der Waals surface area contributed by atoms with Gasteiger partial charge >= 0.3 is 0 Å². The molecule has 1 unspecified atom stereocenters. The van der Waals surface area contributed by atoms with Crippen LogP contribution in [-0.2, 0) is 14.8 Å². The SMILES string of the molecule is COc1ccc(S(=O)(=O)N2CCCC2C(=O)N2CCN(c3nc4c(C)cc(C)cc4s3)CC2)cc1. The van der Waals surface area contributed by atoms with Gasteiger partial charge in [-0.15, -0.1) is 0 Å².